The Morgan fingerprint density at radius 1 is 1.39 bits per heavy atom. The fourth-order valence-electron chi connectivity index (χ4n) is 1.46. The summed E-state index contributed by atoms with van der Waals surface area (Å²) in [7, 11) is 0. The molecule has 2 aromatic rings. The van der Waals surface area contributed by atoms with Crippen LogP contribution in [0.2, 0.25) is 0 Å². The van der Waals surface area contributed by atoms with Crippen LogP contribution in [-0.4, -0.2) is 26.4 Å². The van der Waals surface area contributed by atoms with Crippen molar-refractivity contribution in [3.63, 3.8) is 0 Å². The number of nitrogens with zero attached hydrogens (tertiary/aromatic N) is 3. The van der Waals surface area contributed by atoms with Crippen LogP contribution in [0.15, 0.2) is 29.4 Å². The van der Waals surface area contributed by atoms with E-state index in [0.717, 1.165) is 5.69 Å². The average Bonchev–Trinajstić information content (AvgIpc) is 2.69. The lowest BCUT2D eigenvalue weighted by Gasteiger charge is -2.07. The quantitative estimate of drug-likeness (QED) is 0.846. The van der Waals surface area contributed by atoms with Gasteiger partial charge in [0.05, 0.1) is 5.75 Å². The van der Waals surface area contributed by atoms with Crippen LogP contribution >= 0.6 is 11.8 Å². The standard InChI is InChI=1S/C11H11FN4OS/c1-7-14-15-11(18-6-10(13)17)16(7)9-4-2-8(12)3-5-9/h2-5H,6H2,1H3,(H2,13,17). The van der Waals surface area contributed by atoms with E-state index in [1.807, 2.05) is 0 Å². The number of aryl methyl sites for hydroxylation is 1. The second-order valence-electron chi connectivity index (χ2n) is 3.60. The van der Waals surface area contributed by atoms with Crippen molar-refractivity contribution < 1.29 is 9.18 Å². The smallest absolute Gasteiger partial charge is 0.227 e. The van der Waals surface area contributed by atoms with Crippen LogP contribution in [0.3, 0.4) is 0 Å². The van der Waals surface area contributed by atoms with Gasteiger partial charge in [-0.3, -0.25) is 9.36 Å². The third-order valence-electron chi connectivity index (χ3n) is 2.22. The molecular weight excluding hydrogens is 255 g/mol. The number of aromatic nitrogens is 3. The molecular formula is C11H11FN4OS. The number of benzene rings is 1. The monoisotopic (exact) mass is 266 g/mol. The van der Waals surface area contributed by atoms with Crippen molar-refractivity contribution in [3.8, 4) is 5.69 Å². The molecule has 5 nitrogen and oxygen atoms in total. The SMILES string of the molecule is Cc1nnc(SCC(N)=O)n1-c1ccc(F)cc1. The number of hydrogen-bond donors (Lipinski definition) is 1. The van der Waals surface area contributed by atoms with Crippen molar-refractivity contribution in [2.75, 3.05) is 5.75 Å². The van der Waals surface area contributed by atoms with Crippen molar-refractivity contribution in [2.24, 2.45) is 5.73 Å². The highest BCUT2D eigenvalue weighted by atomic mass is 32.2. The molecule has 0 radical (unpaired) electrons. The number of carbonyl (C=O) groups excluding carboxylic acids is 1. The van der Waals surface area contributed by atoms with Gasteiger partial charge in [0, 0.05) is 5.69 Å². The van der Waals surface area contributed by atoms with Crippen molar-refractivity contribution in [3.05, 3.63) is 35.9 Å². The van der Waals surface area contributed by atoms with Gasteiger partial charge in [0.2, 0.25) is 5.91 Å². The first-order valence-electron chi connectivity index (χ1n) is 5.17. The van der Waals surface area contributed by atoms with Gasteiger partial charge >= 0.3 is 0 Å². The molecule has 1 aromatic heterocycles. The number of amides is 1. The number of primary amides is 1. The van der Waals surface area contributed by atoms with Crippen LogP contribution in [0.1, 0.15) is 5.82 Å². The summed E-state index contributed by atoms with van der Waals surface area (Å²) in [6.07, 6.45) is 0. The molecule has 0 saturated heterocycles. The van der Waals surface area contributed by atoms with E-state index < -0.39 is 5.91 Å². The largest absolute Gasteiger partial charge is 0.369 e. The van der Waals surface area contributed by atoms with Crippen LogP contribution < -0.4 is 5.73 Å². The second kappa shape index (κ2) is 5.18. The molecule has 2 N–H and O–H groups in total. The molecule has 0 atom stereocenters. The van der Waals surface area contributed by atoms with Gasteiger partial charge in [-0.1, -0.05) is 11.8 Å². The van der Waals surface area contributed by atoms with Crippen LogP contribution in [-0.2, 0) is 4.79 Å². The lowest BCUT2D eigenvalue weighted by atomic mass is 10.3. The molecule has 18 heavy (non-hydrogen) atoms. The van der Waals surface area contributed by atoms with Gasteiger partial charge in [-0.05, 0) is 31.2 Å². The van der Waals surface area contributed by atoms with E-state index in [-0.39, 0.29) is 11.6 Å². The Morgan fingerprint density at radius 3 is 2.67 bits per heavy atom. The highest BCUT2D eigenvalue weighted by Gasteiger charge is 2.12. The topological polar surface area (TPSA) is 73.8 Å². The zero-order valence-corrected chi connectivity index (χ0v) is 10.4. The van der Waals surface area contributed by atoms with Gasteiger partial charge in [-0.15, -0.1) is 10.2 Å². The summed E-state index contributed by atoms with van der Waals surface area (Å²) in [6.45, 7) is 1.78. The number of carbonyl (C=O) groups is 1. The minimum absolute atomic E-state index is 0.124. The summed E-state index contributed by atoms with van der Waals surface area (Å²) >= 11 is 1.20. The van der Waals surface area contributed by atoms with Gasteiger partial charge in [0.25, 0.3) is 0 Å². The molecule has 0 unspecified atom stereocenters. The van der Waals surface area contributed by atoms with Crippen molar-refractivity contribution in [2.45, 2.75) is 12.1 Å². The summed E-state index contributed by atoms with van der Waals surface area (Å²) in [5.74, 6) is 0.0509. The maximum Gasteiger partial charge on any atom is 0.227 e. The van der Waals surface area contributed by atoms with E-state index >= 15 is 0 Å². The van der Waals surface area contributed by atoms with Crippen LogP contribution in [0.4, 0.5) is 4.39 Å². The predicted molar refractivity (Wildman–Crippen MR) is 66.0 cm³/mol. The molecule has 7 heteroatoms. The van der Waals surface area contributed by atoms with Crippen molar-refractivity contribution >= 4 is 17.7 Å². The predicted octanol–water partition coefficient (Wildman–Crippen LogP) is 1.29. The summed E-state index contributed by atoms with van der Waals surface area (Å²) < 4.78 is 14.6. The number of hydrogen-bond acceptors (Lipinski definition) is 4. The first kappa shape index (κ1) is 12.6. The Labute approximate surface area is 107 Å². The fourth-order valence-corrected chi connectivity index (χ4v) is 2.20. The first-order chi connectivity index (χ1) is 8.58. The minimum Gasteiger partial charge on any atom is -0.369 e. The maximum atomic E-state index is 12.9. The van der Waals surface area contributed by atoms with E-state index in [2.05, 4.69) is 10.2 Å². The normalized spacial score (nSPS) is 10.6. The summed E-state index contributed by atoms with van der Waals surface area (Å²) in [6, 6.07) is 5.97. The maximum absolute atomic E-state index is 12.9. The Bertz CT molecular complexity index is 567. The zero-order valence-electron chi connectivity index (χ0n) is 9.63. The highest BCUT2D eigenvalue weighted by molar-refractivity contribution is 7.99. The third-order valence-corrected chi connectivity index (χ3v) is 3.17. The van der Waals surface area contributed by atoms with Crippen LogP contribution in [0.25, 0.3) is 5.69 Å². The molecule has 0 saturated carbocycles. The Hall–Kier alpha value is -1.89. The lowest BCUT2D eigenvalue weighted by molar-refractivity contribution is -0.115. The molecule has 0 aliphatic heterocycles. The molecule has 0 spiro atoms. The number of rotatable bonds is 4. The number of halogens is 1. The molecule has 0 bridgehead atoms. The van der Waals surface area contributed by atoms with Gasteiger partial charge in [-0.25, -0.2) is 4.39 Å². The van der Waals surface area contributed by atoms with Crippen LogP contribution in [0.5, 0.6) is 0 Å². The fraction of sp³-hybridized carbons (Fsp3) is 0.182. The van der Waals surface area contributed by atoms with Crippen molar-refractivity contribution in [1.29, 1.82) is 0 Å². The molecule has 0 aliphatic carbocycles. The Kier molecular flexibility index (Phi) is 3.61. The van der Waals surface area contributed by atoms with E-state index in [1.165, 1.54) is 23.9 Å². The Balaban J connectivity index is 2.34. The second-order valence-corrected chi connectivity index (χ2v) is 4.54. The first-order valence-corrected chi connectivity index (χ1v) is 6.15. The van der Waals surface area contributed by atoms with Gasteiger partial charge in [0.15, 0.2) is 5.16 Å². The van der Waals surface area contributed by atoms with E-state index in [4.69, 9.17) is 5.73 Å². The average molecular weight is 266 g/mol. The molecule has 1 aromatic carbocycles. The number of nitrogens with two attached hydrogens (primary N) is 1. The summed E-state index contributed by atoms with van der Waals surface area (Å²) in [5, 5.41) is 8.45. The molecule has 2 rings (SSSR count). The molecule has 0 aliphatic rings. The molecule has 94 valence electrons. The van der Waals surface area contributed by atoms with E-state index in [9.17, 15) is 9.18 Å². The zero-order chi connectivity index (χ0) is 13.1. The minimum atomic E-state index is -0.425. The van der Waals surface area contributed by atoms with Crippen LogP contribution in [0, 0.1) is 12.7 Å². The van der Waals surface area contributed by atoms with Gasteiger partial charge in [-0.2, -0.15) is 0 Å². The molecule has 0 fully saturated rings. The Morgan fingerprint density at radius 2 is 2.06 bits per heavy atom. The summed E-state index contributed by atoms with van der Waals surface area (Å²) in [5.41, 5.74) is 5.83. The summed E-state index contributed by atoms with van der Waals surface area (Å²) in [4.78, 5) is 10.8. The highest BCUT2D eigenvalue weighted by Crippen LogP contribution is 2.21. The van der Waals surface area contributed by atoms with E-state index in [0.29, 0.717) is 11.0 Å². The van der Waals surface area contributed by atoms with Crippen molar-refractivity contribution in [1.82, 2.24) is 14.8 Å². The number of thioether (sulfide) groups is 1. The molecule has 1 amide bonds. The third kappa shape index (κ3) is 2.67. The lowest BCUT2D eigenvalue weighted by Crippen LogP contribution is -2.13. The van der Waals surface area contributed by atoms with E-state index in [1.54, 1.807) is 23.6 Å². The molecule has 1 heterocycles. The van der Waals surface area contributed by atoms with Gasteiger partial charge < -0.3 is 5.73 Å². The van der Waals surface area contributed by atoms with Gasteiger partial charge in [0.1, 0.15) is 11.6 Å².